The maximum atomic E-state index is 13.3. The van der Waals surface area contributed by atoms with E-state index in [0.29, 0.717) is 36.0 Å². The summed E-state index contributed by atoms with van der Waals surface area (Å²) in [6.45, 7) is 3.37. The Labute approximate surface area is 162 Å². The zero-order valence-corrected chi connectivity index (χ0v) is 15.8. The first kappa shape index (κ1) is 16.9. The monoisotopic (exact) mass is 378 g/mol. The fraction of sp³-hybridized carbons (Fsp3) is 0.350. The molecule has 2 atom stereocenters. The number of amides is 1. The molecule has 1 fully saturated rings. The lowest BCUT2D eigenvalue weighted by Crippen LogP contribution is -2.31. The molecule has 28 heavy (non-hydrogen) atoms. The number of fused-ring (bicyclic) bond motifs is 5. The van der Waals surface area contributed by atoms with Crippen molar-refractivity contribution in [1.29, 1.82) is 0 Å². The van der Waals surface area contributed by atoms with Crippen molar-refractivity contribution in [3.63, 3.8) is 0 Å². The largest absolute Gasteiger partial charge is 0.488 e. The lowest BCUT2D eigenvalue weighted by Gasteiger charge is -2.19. The number of carbonyl (C=O) groups is 1. The predicted molar refractivity (Wildman–Crippen MR) is 106 cm³/mol. The highest BCUT2D eigenvalue weighted by atomic mass is 16.5. The van der Waals surface area contributed by atoms with Gasteiger partial charge in [-0.15, -0.1) is 0 Å². The molecule has 2 aliphatic heterocycles. The van der Waals surface area contributed by atoms with E-state index in [9.17, 15) is 4.79 Å². The molecule has 2 N–H and O–H groups in total. The first-order valence-corrected chi connectivity index (χ1v) is 9.56. The van der Waals surface area contributed by atoms with Crippen LogP contribution in [0.25, 0.3) is 5.65 Å². The summed E-state index contributed by atoms with van der Waals surface area (Å²) in [6, 6.07) is 9.71. The molecule has 0 aliphatic carbocycles. The Balaban J connectivity index is 1.70. The minimum atomic E-state index is -0.0581. The molecule has 2 aromatic heterocycles. The standard InChI is InChI=1S/C20H22N6O2/c1-3-12-10-25-11-16(12)28-14-6-4-5-13(7-14)23-17-8-18(21-2)26-19(24-17)15(9-22-26)20(25)27/h4-9,12,16,21H,3,10-11H2,1-2H3,(H,23,24)/t12-,16+/m1/s1. The van der Waals surface area contributed by atoms with Gasteiger partial charge in [-0.1, -0.05) is 13.0 Å². The van der Waals surface area contributed by atoms with Gasteiger partial charge < -0.3 is 20.3 Å². The summed E-state index contributed by atoms with van der Waals surface area (Å²) in [5, 5.41) is 10.8. The Kier molecular flexibility index (Phi) is 3.85. The SMILES string of the molecule is CC[C@@H]1CN2C[C@@H]1Oc1cccc(c1)Nc1cc(NC)n3ncc(c3n1)C2=O. The first-order chi connectivity index (χ1) is 13.7. The summed E-state index contributed by atoms with van der Waals surface area (Å²) in [5.74, 6) is 2.41. The fourth-order valence-corrected chi connectivity index (χ4v) is 4.03. The summed E-state index contributed by atoms with van der Waals surface area (Å²) in [5.41, 5.74) is 1.92. The molecule has 3 aromatic rings. The average Bonchev–Trinajstić information content (AvgIpc) is 3.30. The van der Waals surface area contributed by atoms with Crippen LogP contribution in [-0.2, 0) is 0 Å². The second kappa shape index (κ2) is 6.40. The second-order valence-electron chi connectivity index (χ2n) is 7.26. The second-order valence-corrected chi connectivity index (χ2v) is 7.26. The molecule has 0 saturated carbocycles. The number of nitrogens with one attached hydrogen (secondary N) is 2. The summed E-state index contributed by atoms with van der Waals surface area (Å²) >= 11 is 0. The van der Waals surface area contributed by atoms with Crippen molar-refractivity contribution in [3.8, 4) is 5.75 Å². The van der Waals surface area contributed by atoms with Gasteiger partial charge in [0.05, 0.1) is 12.7 Å². The van der Waals surface area contributed by atoms with Gasteiger partial charge in [0, 0.05) is 37.3 Å². The van der Waals surface area contributed by atoms with Crippen LogP contribution in [-0.4, -0.2) is 51.6 Å². The highest BCUT2D eigenvalue weighted by Crippen LogP contribution is 2.30. The minimum Gasteiger partial charge on any atom is -0.488 e. The number of hydrogen-bond acceptors (Lipinski definition) is 6. The van der Waals surface area contributed by atoms with E-state index in [1.54, 1.807) is 10.7 Å². The molecule has 1 saturated heterocycles. The predicted octanol–water partition coefficient (Wildman–Crippen LogP) is 2.76. The van der Waals surface area contributed by atoms with E-state index in [-0.39, 0.29) is 12.0 Å². The zero-order chi connectivity index (χ0) is 19.3. The van der Waals surface area contributed by atoms with Gasteiger partial charge in [-0.25, -0.2) is 4.98 Å². The zero-order valence-electron chi connectivity index (χ0n) is 15.8. The lowest BCUT2D eigenvalue weighted by molar-refractivity contribution is 0.0774. The van der Waals surface area contributed by atoms with Crippen molar-refractivity contribution in [3.05, 3.63) is 42.1 Å². The molecule has 1 amide bonds. The maximum Gasteiger partial charge on any atom is 0.259 e. The highest BCUT2D eigenvalue weighted by Gasteiger charge is 2.37. The molecule has 2 aliphatic rings. The Hall–Kier alpha value is -3.29. The average molecular weight is 378 g/mol. The molecule has 4 heterocycles. The van der Waals surface area contributed by atoms with Gasteiger partial charge in [0.2, 0.25) is 0 Å². The quantitative estimate of drug-likeness (QED) is 0.713. The molecule has 8 nitrogen and oxygen atoms in total. The normalized spacial score (nSPS) is 20.9. The van der Waals surface area contributed by atoms with E-state index in [1.807, 2.05) is 42.3 Å². The van der Waals surface area contributed by atoms with Crippen molar-refractivity contribution < 1.29 is 9.53 Å². The van der Waals surface area contributed by atoms with Crippen LogP contribution in [0.3, 0.4) is 0 Å². The molecular weight excluding hydrogens is 356 g/mol. The van der Waals surface area contributed by atoms with Crippen LogP contribution in [0.4, 0.5) is 17.3 Å². The molecule has 0 radical (unpaired) electrons. The van der Waals surface area contributed by atoms with Gasteiger partial charge in [0.1, 0.15) is 29.1 Å². The van der Waals surface area contributed by atoms with Crippen LogP contribution >= 0.6 is 0 Å². The van der Waals surface area contributed by atoms with E-state index in [0.717, 1.165) is 23.7 Å². The molecule has 8 heteroatoms. The Bertz CT molecular complexity index is 1060. The third kappa shape index (κ3) is 2.64. The van der Waals surface area contributed by atoms with Crippen molar-refractivity contribution in [2.75, 3.05) is 30.8 Å². The van der Waals surface area contributed by atoms with Gasteiger partial charge in [-0.3, -0.25) is 4.79 Å². The van der Waals surface area contributed by atoms with E-state index in [1.165, 1.54) is 0 Å². The fourth-order valence-electron chi connectivity index (χ4n) is 4.03. The van der Waals surface area contributed by atoms with E-state index in [2.05, 4.69) is 27.6 Å². The van der Waals surface area contributed by atoms with E-state index < -0.39 is 0 Å². The number of benzene rings is 1. The lowest BCUT2D eigenvalue weighted by atomic mass is 10.0. The molecule has 6 bridgehead atoms. The first-order valence-electron chi connectivity index (χ1n) is 9.56. The Morgan fingerprint density at radius 1 is 1.32 bits per heavy atom. The number of rotatable bonds is 2. The van der Waals surface area contributed by atoms with Crippen LogP contribution in [0.5, 0.6) is 5.75 Å². The Morgan fingerprint density at radius 3 is 3.04 bits per heavy atom. The third-order valence-electron chi connectivity index (χ3n) is 5.54. The topological polar surface area (TPSA) is 83.8 Å². The molecule has 0 unspecified atom stereocenters. The number of ether oxygens (including phenoxy) is 1. The van der Waals surface area contributed by atoms with E-state index in [4.69, 9.17) is 4.74 Å². The molecule has 144 valence electrons. The summed E-state index contributed by atoms with van der Waals surface area (Å²) in [7, 11) is 1.82. The maximum absolute atomic E-state index is 13.3. The number of aromatic nitrogens is 3. The summed E-state index contributed by atoms with van der Waals surface area (Å²) in [4.78, 5) is 19.8. The van der Waals surface area contributed by atoms with Gasteiger partial charge in [0.25, 0.3) is 5.91 Å². The van der Waals surface area contributed by atoms with Gasteiger partial charge in [0.15, 0.2) is 5.65 Å². The number of nitrogens with zero attached hydrogens (tertiary/aromatic N) is 4. The number of carbonyl (C=O) groups excluding carboxylic acids is 1. The van der Waals surface area contributed by atoms with Crippen molar-refractivity contribution in [1.82, 2.24) is 19.5 Å². The number of anilines is 3. The van der Waals surface area contributed by atoms with Gasteiger partial charge in [-0.2, -0.15) is 9.61 Å². The van der Waals surface area contributed by atoms with Gasteiger partial charge in [-0.05, 0) is 18.6 Å². The highest BCUT2D eigenvalue weighted by molar-refractivity contribution is 6.00. The van der Waals surface area contributed by atoms with Crippen LogP contribution in [0.1, 0.15) is 23.7 Å². The molecule has 1 aromatic carbocycles. The molecular formula is C20H22N6O2. The van der Waals surface area contributed by atoms with Crippen LogP contribution in [0, 0.1) is 5.92 Å². The molecule has 5 rings (SSSR count). The smallest absolute Gasteiger partial charge is 0.259 e. The van der Waals surface area contributed by atoms with Crippen molar-refractivity contribution in [2.45, 2.75) is 19.4 Å². The van der Waals surface area contributed by atoms with E-state index >= 15 is 0 Å². The van der Waals surface area contributed by atoms with Crippen molar-refractivity contribution in [2.24, 2.45) is 5.92 Å². The third-order valence-corrected chi connectivity index (χ3v) is 5.54. The van der Waals surface area contributed by atoms with Crippen LogP contribution in [0.2, 0.25) is 0 Å². The van der Waals surface area contributed by atoms with Gasteiger partial charge >= 0.3 is 0 Å². The van der Waals surface area contributed by atoms with Crippen LogP contribution < -0.4 is 15.4 Å². The minimum absolute atomic E-state index is 0.0278. The summed E-state index contributed by atoms with van der Waals surface area (Å²) < 4.78 is 7.94. The molecule has 0 spiro atoms. The van der Waals surface area contributed by atoms with Crippen molar-refractivity contribution >= 4 is 28.9 Å². The number of hydrogen-bond donors (Lipinski definition) is 2. The Morgan fingerprint density at radius 2 is 2.21 bits per heavy atom. The summed E-state index contributed by atoms with van der Waals surface area (Å²) in [6.07, 6.45) is 2.53. The van der Waals surface area contributed by atoms with Crippen LogP contribution in [0.15, 0.2) is 36.5 Å².